The summed E-state index contributed by atoms with van der Waals surface area (Å²) in [6.07, 6.45) is 0.715. The van der Waals surface area contributed by atoms with Crippen LogP contribution in [0.2, 0.25) is 0 Å². The second-order valence-corrected chi connectivity index (χ2v) is 7.39. The van der Waals surface area contributed by atoms with Gasteiger partial charge in [0.05, 0.1) is 11.1 Å². The SMILES string of the molecule is CCP(=O)(CC)c1ccc(C(=O)O)cc1C(=O)O. The Morgan fingerprint density at radius 1 is 1.11 bits per heavy atom. The van der Waals surface area contributed by atoms with Gasteiger partial charge in [-0.25, -0.2) is 9.59 Å². The molecule has 0 bridgehead atoms. The van der Waals surface area contributed by atoms with E-state index in [1.54, 1.807) is 13.8 Å². The van der Waals surface area contributed by atoms with Gasteiger partial charge < -0.3 is 14.8 Å². The lowest BCUT2D eigenvalue weighted by molar-refractivity contribution is 0.0696. The summed E-state index contributed by atoms with van der Waals surface area (Å²) in [5, 5.41) is 18.2. The van der Waals surface area contributed by atoms with Gasteiger partial charge in [-0.2, -0.15) is 0 Å². The molecular formula is C12H15O5P. The van der Waals surface area contributed by atoms with Gasteiger partial charge in [0.2, 0.25) is 0 Å². The van der Waals surface area contributed by atoms with Crippen molar-refractivity contribution in [1.29, 1.82) is 0 Å². The highest BCUT2D eigenvalue weighted by Gasteiger charge is 2.26. The van der Waals surface area contributed by atoms with E-state index in [9.17, 15) is 14.2 Å². The van der Waals surface area contributed by atoms with E-state index in [2.05, 4.69) is 0 Å². The van der Waals surface area contributed by atoms with Gasteiger partial charge in [0.25, 0.3) is 0 Å². The summed E-state index contributed by atoms with van der Waals surface area (Å²) in [6, 6.07) is 3.72. The van der Waals surface area contributed by atoms with E-state index < -0.39 is 19.1 Å². The van der Waals surface area contributed by atoms with Crippen LogP contribution in [0.4, 0.5) is 0 Å². The average Bonchev–Trinajstić information content (AvgIpc) is 2.36. The number of aromatic carboxylic acids is 2. The van der Waals surface area contributed by atoms with Gasteiger partial charge in [0, 0.05) is 17.6 Å². The Morgan fingerprint density at radius 2 is 1.67 bits per heavy atom. The maximum atomic E-state index is 12.5. The molecule has 5 nitrogen and oxygen atoms in total. The van der Waals surface area contributed by atoms with Crippen LogP contribution in [0.3, 0.4) is 0 Å². The van der Waals surface area contributed by atoms with Gasteiger partial charge in [0.1, 0.15) is 7.14 Å². The second kappa shape index (κ2) is 5.36. The first-order valence-electron chi connectivity index (χ1n) is 5.55. The van der Waals surface area contributed by atoms with Gasteiger partial charge in [-0.05, 0) is 18.2 Å². The Kier molecular flexibility index (Phi) is 4.30. The fourth-order valence-electron chi connectivity index (χ4n) is 1.76. The summed E-state index contributed by atoms with van der Waals surface area (Å²) < 4.78 is 12.5. The third kappa shape index (κ3) is 2.62. The van der Waals surface area contributed by atoms with E-state index in [1.807, 2.05) is 0 Å². The van der Waals surface area contributed by atoms with Crippen LogP contribution in [0.15, 0.2) is 18.2 Å². The Bertz CT molecular complexity index is 527. The number of carboxylic acids is 2. The third-order valence-corrected chi connectivity index (χ3v) is 6.25. The van der Waals surface area contributed by atoms with E-state index in [4.69, 9.17) is 10.2 Å². The number of hydrogen-bond acceptors (Lipinski definition) is 3. The Balaban J connectivity index is 3.51. The Hall–Kier alpha value is -1.61. The van der Waals surface area contributed by atoms with Gasteiger partial charge in [-0.15, -0.1) is 0 Å². The smallest absolute Gasteiger partial charge is 0.336 e. The van der Waals surface area contributed by atoms with E-state index in [1.165, 1.54) is 12.1 Å². The molecule has 0 aliphatic carbocycles. The summed E-state index contributed by atoms with van der Waals surface area (Å²) in [5.74, 6) is -2.46. The quantitative estimate of drug-likeness (QED) is 0.799. The number of carboxylic acid groups (broad SMARTS) is 2. The van der Waals surface area contributed by atoms with Crippen LogP contribution in [0.25, 0.3) is 0 Å². The zero-order valence-electron chi connectivity index (χ0n) is 10.2. The number of hydrogen-bond donors (Lipinski definition) is 2. The molecule has 6 heteroatoms. The summed E-state index contributed by atoms with van der Waals surface area (Å²) in [6.45, 7) is 3.47. The first-order valence-corrected chi connectivity index (χ1v) is 7.62. The zero-order chi connectivity index (χ0) is 13.9. The van der Waals surface area contributed by atoms with Crippen molar-refractivity contribution < 1.29 is 24.4 Å². The zero-order valence-corrected chi connectivity index (χ0v) is 11.1. The lowest BCUT2D eigenvalue weighted by atomic mass is 10.1. The molecule has 18 heavy (non-hydrogen) atoms. The minimum absolute atomic E-state index is 0.116. The van der Waals surface area contributed by atoms with Crippen LogP contribution < -0.4 is 5.30 Å². The van der Waals surface area contributed by atoms with Crippen molar-refractivity contribution >= 4 is 24.4 Å². The molecule has 0 unspecified atom stereocenters. The molecule has 0 saturated carbocycles. The Morgan fingerprint density at radius 3 is 2.06 bits per heavy atom. The predicted molar refractivity (Wildman–Crippen MR) is 68.7 cm³/mol. The second-order valence-electron chi connectivity index (χ2n) is 3.86. The highest BCUT2D eigenvalue weighted by Crippen LogP contribution is 2.44. The van der Waals surface area contributed by atoms with Gasteiger partial charge in [-0.1, -0.05) is 13.8 Å². The van der Waals surface area contributed by atoms with E-state index in [0.717, 1.165) is 6.07 Å². The molecule has 1 aromatic rings. The summed E-state index contributed by atoms with van der Waals surface area (Å²) in [5.41, 5.74) is -0.295. The number of benzene rings is 1. The summed E-state index contributed by atoms with van der Waals surface area (Å²) in [4.78, 5) is 22.0. The van der Waals surface area contributed by atoms with Crippen LogP contribution in [0, 0.1) is 0 Å². The maximum absolute atomic E-state index is 12.5. The molecule has 0 aromatic heterocycles. The number of rotatable bonds is 5. The first-order chi connectivity index (χ1) is 8.35. The molecular weight excluding hydrogens is 255 g/mol. The predicted octanol–water partition coefficient (Wildman–Crippen LogP) is 2.11. The lowest BCUT2D eigenvalue weighted by Gasteiger charge is -2.17. The molecule has 0 radical (unpaired) electrons. The van der Waals surface area contributed by atoms with Crippen molar-refractivity contribution in [2.24, 2.45) is 0 Å². The van der Waals surface area contributed by atoms with Crippen molar-refractivity contribution in [3.05, 3.63) is 29.3 Å². The summed E-state index contributed by atoms with van der Waals surface area (Å²) >= 11 is 0. The average molecular weight is 270 g/mol. The largest absolute Gasteiger partial charge is 0.478 e. The molecule has 0 heterocycles. The maximum Gasteiger partial charge on any atom is 0.336 e. The van der Waals surface area contributed by atoms with Crippen molar-refractivity contribution in [3.63, 3.8) is 0 Å². The van der Waals surface area contributed by atoms with Crippen LogP contribution in [0.1, 0.15) is 34.6 Å². The lowest BCUT2D eigenvalue weighted by Crippen LogP contribution is -2.19. The monoisotopic (exact) mass is 270 g/mol. The number of carbonyl (C=O) groups is 2. The molecule has 0 spiro atoms. The molecule has 0 amide bonds. The highest BCUT2D eigenvalue weighted by atomic mass is 31.2. The third-order valence-electron chi connectivity index (χ3n) is 2.93. The molecule has 1 rings (SSSR count). The first kappa shape index (κ1) is 14.5. The van der Waals surface area contributed by atoms with Gasteiger partial charge in [0.15, 0.2) is 0 Å². The fraction of sp³-hybridized carbons (Fsp3) is 0.333. The van der Waals surface area contributed by atoms with Crippen LogP contribution in [0.5, 0.6) is 0 Å². The van der Waals surface area contributed by atoms with Crippen molar-refractivity contribution in [1.82, 2.24) is 0 Å². The van der Waals surface area contributed by atoms with E-state index >= 15 is 0 Å². The van der Waals surface area contributed by atoms with Crippen LogP contribution in [-0.2, 0) is 4.57 Å². The van der Waals surface area contributed by atoms with Crippen LogP contribution >= 0.6 is 7.14 Å². The standard InChI is InChI=1S/C12H15O5P/c1-3-18(17,4-2)10-6-5-8(11(13)14)7-9(10)12(15)16/h5-7H,3-4H2,1-2H3,(H,13,14)(H,15,16). The molecule has 0 fully saturated rings. The highest BCUT2D eigenvalue weighted by molar-refractivity contribution is 7.71. The molecule has 98 valence electrons. The minimum atomic E-state index is -2.75. The molecule has 0 atom stereocenters. The van der Waals surface area contributed by atoms with Crippen molar-refractivity contribution in [2.45, 2.75) is 13.8 Å². The minimum Gasteiger partial charge on any atom is -0.478 e. The van der Waals surface area contributed by atoms with E-state index in [-0.39, 0.29) is 16.4 Å². The molecule has 0 aliphatic heterocycles. The van der Waals surface area contributed by atoms with E-state index in [0.29, 0.717) is 12.3 Å². The molecule has 0 saturated heterocycles. The Labute approximate surface area is 105 Å². The normalized spacial score (nSPS) is 11.2. The van der Waals surface area contributed by atoms with Crippen LogP contribution in [-0.4, -0.2) is 34.5 Å². The fourth-order valence-corrected chi connectivity index (χ4v) is 3.83. The topological polar surface area (TPSA) is 91.7 Å². The molecule has 2 N–H and O–H groups in total. The molecule has 1 aromatic carbocycles. The van der Waals surface area contributed by atoms with Gasteiger partial charge >= 0.3 is 11.9 Å². The summed E-state index contributed by atoms with van der Waals surface area (Å²) in [7, 11) is -2.75. The van der Waals surface area contributed by atoms with Crippen molar-refractivity contribution in [2.75, 3.05) is 12.3 Å². The van der Waals surface area contributed by atoms with Crippen molar-refractivity contribution in [3.8, 4) is 0 Å². The molecule has 0 aliphatic rings. The van der Waals surface area contributed by atoms with Gasteiger partial charge in [-0.3, -0.25) is 0 Å².